The molecule has 0 fully saturated rings. The van der Waals surface area contributed by atoms with Crippen LogP contribution in [0.25, 0.3) is 11.4 Å². The molecule has 28 heavy (non-hydrogen) atoms. The number of benzene rings is 2. The molecule has 2 aromatic carbocycles. The number of rotatable bonds is 4. The fourth-order valence-corrected chi connectivity index (χ4v) is 4.13. The molecule has 0 spiro atoms. The van der Waals surface area contributed by atoms with Crippen molar-refractivity contribution in [3.63, 3.8) is 0 Å². The number of amides is 1. The van der Waals surface area contributed by atoms with Crippen LogP contribution in [0.5, 0.6) is 0 Å². The van der Waals surface area contributed by atoms with Gasteiger partial charge in [-0.2, -0.15) is 0 Å². The molecule has 146 valence electrons. The molecule has 2 aromatic rings. The van der Waals surface area contributed by atoms with E-state index in [2.05, 4.69) is 71.9 Å². The Kier molecular flexibility index (Phi) is 5.09. The molecule has 5 nitrogen and oxygen atoms in total. The fraction of sp³-hybridized carbons (Fsp3) is 0.348. The van der Waals surface area contributed by atoms with Gasteiger partial charge in [0.2, 0.25) is 5.91 Å². The van der Waals surface area contributed by atoms with Crippen molar-refractivity contribution in [2.24, 2.45) is 0 Å². The lowest BCUT2D eigenvalue weighted by atomic mass is 9.96. The van der Waals surface area contributed by atoms with Crippen LogP contribution < -0.4 is 10.3 Å². The van der Waals surface area contributed by atoms with Gasteiger partial charge in [0.15, 0.2) is 0 Å². The first kappa shape index (κ1) is 18.6. The van der Waals surface area contributed by atoms with E-state index in [1.54, 1.807) is 0 Å². The van der Waals surface area contributed by atoms with Crippen molar-refractivity contribution in [2.45, 2.75) is 39.7 Å². The number of carbonyl (C=O) groups excluding carboxylic acids is 1. The Balaban J connectivity index is 1.98. The first-order valence-electron chi connectivity index (χ1n) is 10.2. The average Bonchev–Trinajstić information content (AvgIpc) is 3.01. The van der Waals surface area contributed by atoms with Gasteiger partial charge < -0.3 is 4.90 Å². The third-order valence-electron chi connectivity index (χ3n) is 5.40. The molecule has 0 aromatic heterocycles. The number of anilines is 1. The number of hydrazine groups is 2. The summed E-state index contributed by atoms with van der Waals surface area (Å²) in [5.74, 6) is 0.176. The summed E-state index contributed by atoms with van der Waals surface area (Å²) in [6.07, 6.45) is 2.43. The Hall–Kier alpha value is -2.79. The summed E-state index contributed by atoms with van der Waals surface area (Å²) >= 11 is 0. The standard InChI is InChI=1S/C23H28N4O/c1-4-10-21(28)26-16-17-11-6-7-12-18(17)22-23(19-13-8-9-14-20(19)26)27(15-5-2)25(3)24-22/h6-9,11-14,24H,4-5,10,15-16H2,1-3H3. The van der Waals surface area contributed by atoms with Gasteiger partial charge in [-0.25, -0.2) is 0 Å². The maximum Gasteiger partial charge on any atom is 0.227 e. The van der Waals surface area contributed by atoms with Gasteiger partial charge in [0, 0.05) is 31.1 Å². The zero-order valence-corrected chi connectivity index (χ0v) is 16.9. The van der Waals surface area contributed by atoms with Gasteiger partial charge >= 0.3 is 0 Å². The normalized spacial score (nSPS) is 16.1. The highest BCUT2D eigenvalue weighted by Gasteiger charge is 2.34. The summed E-state index contributed by atoms with van der Waals surface area (Å²) in [4.78, 5) is 15.0. The highest BCUT2D eigenvalue weighted by Crippen LogP contribution is 2.41. The number of para-hydroxylation sites is 1. The second-order valence-electron chi connectivity index (χ2n) is 7.39. The van der Waals surface area contributed by atoms with Crippen molar-refractivity contribution in [1.82, 2.24) is 15.6 Å². The third kappa shape index (κ3) is 3.06. The van der Waals surface area contributed by atoms with Crippen molar-refractivity contribution in [1.29, 1.82) is 0 Å². The van der Waals surface area contributed by atoms with Gasteiger partial charge in [-0.3, -0.25) is 15.2 Å². The number of hydrogen-bond donors (Lipinski definition) is 1. The molecular formula is C23H28N4O. The highest BCUT2D eigenvalue weighted by atomic mass is 16.2. The molecule has 0 saturated heterocycles. The summed E-state index contributed by atoms with van der Waals surface area (Å²) in [6, 6.07) is 16.7. The molecule has 0 unspecified atom stereocenters. The predicted octanol–water partition coefficient (Wildman–Crippen LogP) is 4.24. The van der Waals surface area contributed by atoms with E-state index in [4.69, 9.17) is 0 Å². The topological polar surface area (TPSA) is 38.8 Å². The third-order valence-corrected chi connectivity index (χ3v) is 5.40. The summed E-state index contributed by atoms with van der Waals surface area (Å²) < 4.78 is 0. The molecule has 4 rings (SSSR count). The van der Waals surface area contributed by atoms with Crippen LogP contribution in [0.4, 0.5) is 5.69 Å². The molecule has 0 saturated carbocycles. The van der Waals surface area contributed by atoms with Gasteiger partial charge in [-0.1, -0.05) is 56.3 Å². The van der Waals surface area contributed by atoms with Gasteiger partial charge in [0.25, 0.3) is 0 Å². The summed E-state index contributed by atoms with van der Waals surface area (Å²) in [7, 11) is 2.05. The van der Waals surface area contributed by atoms with Crippen LogP contribution in [-0.2, 0) is 11.3 Å². The Labute approximate surface area is 167 Å². The lowest BCUT2D eigenvalue weighted by molar-refractivity contribution is -0.118. The average molecular weight is 377 g/mol. The SMILES string of the molecule is CCCC(=O)N1Cc2ccccc2C2=C(c3ccccc31)N(CCC)N(C)N2. The first-order valence-corrected chi connectivity index (χ1v) is 10.2. The fourth-order valence-electron chi connectivity index (χ4n) is 4.13. The van der Waals surface area contributed by atoms with E-state index in [1.165, 1.54) is 0 Å². The minimum Gasteiger partial charge on any atom is -0.307 e. The largest absolute Gasteiger partial charge is 0.307 e. The van der Waals surface area contributed by atoms with Crippen molar-refractivity contribution < 1.29 is 4.79 Å². The molecule has 0 bridgehead atoms. The number of fused-ring (bicyclic) bond motifs is 4. The Morgan fingerprint density at radius 2 is 1.71 bits per heavy atom. The van der Waals surface area contributed by atoms with Crippen LogP contribution >= 0.6 is 0 Å². The van der Waals surface area contributed by atoms with Gasteiger partial charge in [0.05, 0.1) is 23.6 Å². The molecule has 2 aliphatic rings. The number of nitrogens with one attached hydrogen (secondary N) is 1. The quantitative estimate of drug-likeness (QED) is 0.866. The van der Waals surface area contributed by atoms with E-state index < -0.39 is 0 Å². The highest BCUT2D eigenvalue weighted by molar-refractivity contribution is 6.01. The van der Waals surface area contributed by atoms with Crippen LogP contribution in [0.2, 0.25) is 0 Å². The number of hydrogen-bond acceptors (Lipinski definition) is 4. The van der Waals surface area contributed by atoms with Crippen molar-refractivity contribution in [3.05, 3.63) is 65.2 Å². The molecule has 1 N–H and O–H groups in total. The van der Waals surface area contributed by atoms with E-state index in [0.717, 1.165) is 53.2 Å². The molecular weight excluding hydrogens is 348 g/mol. The second-order valence-corrected chi connectivity index (χ2v) is 7.39. The second kappa shape index (κ2) is 7.68. The van der Waals surface area contributed by atoms with Crippen LogP contribution in [0.15, 0.2) is 48.5 Å². The number of carbonyl (C=O) groups is 1. The Morgan fingerprint density at radius 1 is 1.00 bits per heavy atom. The van der Waals surface area contributed by atoms with Crippen LogP contribution in [0.1, 0.15) is 49.8 Å². The molecule has 2 aliphatic heterocycles. The van der Waals surface area contributed by atoms with Crippen molar-refractivity contribution in [2.75, 3.05) is 18.5 Å². The minimum atomic E-state index is 0.176. The molecule has 0 aliphatic carbocycles. The number of nitrogens with zero attached hydrogens (tertiary/aromatic N) is 3. The predicted molar refractivity (Wildman–Crippen MR) is 114 cm³/mol. The van der Waals surface area contributed by atoms with Crippen LogP contribution in [0.3, 0.4) is 0 Å². The molecule has 5 heteroatoms. The zero-order valence-electron chi connectivity index (χ0n) is 16.9. The van der Waals surface area contributed by atoms with E-state index in [0.29, 0.717) is 13.0 Å². The van der Waals surface area contributed by atoms with Gasteiger partial charge in [0.1, 0.15) is 0 Å². The monoisotopic (exact) mass is 376 g/mol. The smallest absolute Gasteiger partial charge is 0.227 e. The van der Waals surface area contributed by atoms with Gasteiger partial charge in [-0.15, -0.1) is 5.12 Å². The Bertz CT molecular complexity index is 920. The molecule has 0 radical (unpaired) electrons. The van der Waals surface area contributed by atoms with E-state index in [-0.39, 0.29) is 5.91 Å². The lowest BCUT2D eigenvalue weighted by Crippen LogP contribution is -2.40. The van der Waals surface area contributed by atoms with Crippen LogP contribution in [0, 0.1) is 0 Å². The van der Waals surface area contributed by atoms with E-state index >= 15 is 0 Å². The maximum absolute atomic E-state index is 13.1. The summed E-state index contributed by atoms with van der Waals surface area (Å²) in [6.45, 7) is 5.73. The van der Waals surface area contributed by atoms with Gasteiger partial charge in [-0.05, 0) is 24.5 Å². The molecule has 0 atom stereocenters. The van der Waals surface area contributed by atoms with Crippen molar-refractivity contribution >= 4 is 23.0 Å². The lowest BCUT2D eigenvalue weighted by Gasteiger charge is -2.32. The van der Waals surface area contributed by atoms with Crippen LogP contribution in [-0.4, -0.2) is 29.6 Å². The molecule has 2 heterocycles. The first-order chi connectivity index (χ1) is 13.7. The zero-order chi connectivity index (χ0) is 19.7. The summed E-state index contributed by atoms with van der Waals surface area (Å²) in [5, 5.41) is 4.34. The summed E-state index contributed by atoms with van der Waals surface area (Å²) in [5.41, 5.74) is 10.2. The van der Waals surface area contributed by atoms with Crippen molar-refractivity contribution in [3.8, 4) is 0 Å². The Morgan fingerprint density at radius 3 is 2.46 bits per heavy atom. The minimum absolute atomic E-state index is 0.176. The molecule has 1 amide bonds. The van der Waals surface area contributed by atoms with E-state index in [9.17, 15) is 4.79 Å². The maximum atomic E-state index is 13.1. The van der Waals surface area contributed by atoms with E-state index in [1.807, 2.05) is 18.0 Å².